The standard InChI is InChI=1S/C26H29N3O5S/c1-6-33-24(32)19-17-13-25(2,3)29-26(4,5)21(17)35-22(19)28-18(30)14-34-23(31)16-11-7-9-15-10-8-12-27-20(15)16/h7-12,29H,6,13-14H2,1-5H3,(H,28,30). The van der Waals surface area contributed by atoms with E-state index in [0.29, 0.717) is 22.5 Å². The number of carbonyl (C=O) groups is 3. The Balaban J connectivity index is 1.56. The molecule has 0 aliphatic carbocycles. The van der Waals surface area contributed by atoms with E-state index in [4.69, 9.17) is 9.47 Å². The van der Waals surface area contributed by atoms with Crippen molar-refractivity contribution in [2.45, 2.75) is 52.1 Å². The number of para-hydroxylation sites is 1. The number of pyridine rings is 1. The van der Waals surface area contributed by atoms with Gasteiger partial charge in [0.15, 0.2) is 6.61 Å². The Morgan fingerprint density at radius 2 is 1.83 bits per heavy atom. The van der Waals surface area contributed by atoms with Gasteiger partial charge in [0.1, 0.15) is 5.00 Å². The molecule has 0 radical (unpaired) electrons. The number of ether oxygens (including phenoxy) is 2. The SMILES string of the molecule is CCOC(=O)c1c(NC(=O)COC(=O)c2cccc3cccnc23)sc2c1CC(C)(C)NC2(C)C. The largest absolute Gasteiger partial charge is 0.462 e. The monoisotopic (exact) mass is 495 g/mol. The van der Waals surface area contributed by atoms with Crippen molar-refractivity contribution in [3.8, 4) is 0 Å². The summed E-state index contributed by atoms with van der Waals surface area (Å²) in [6, 6.07) is 8.82. The molecule has 3 aromatic rings. The van der Waals surface area contributed by atoms with Crippen LogP contribution in [0.4, 0.5) is 5.00 Å². The Kier molecular flexibility index (Phi) is 6.66. The number of aromatic nitrogens is 1. The zero-order valence-corrected chi connectivity index (χ0v) is 21.3. The number of thiophene rings is 1. The molecule has 35 heavy (non-hydrogen) atoms. The Morgan fingerprint density at radius 1 is 1.09 bits per heavy atom. The van der Waals surface area contributed by atoms with Gasteiger partial charge in [-0.2, -0.15) is 0 Å². The van der Waals surface area contributed by atoms with Gasteiger partial charge in [-0.15, -0.1) is 11.3 Å². The molecule has 0 unspecified atom stereocenters. The summed E-state index contributed by atoms with van der Waals surface area (Å²) in [6.45, 7) is 9.70. The third-order valence-corrected chi connectivity index (χ3v) is 7.23. The highest BCUT2D eigenvalue weighted by Crippen LogP contribution is 2.45. The van der Waals surface area contributed by atoms with Crippen molar-refractivity contribution in [2.75, 3.05) is 18.5 Å². The molecule has 4 rings (SSSR count). The lowest BCUT2D eigenvalue weighted by molar-refractivity contribution is -0.119. The van der Waals surface area contributed by atoms with Crippen molar-refractivity contribution in [3.63, 3.8) is 0 Å². The smallest absolute Gasteiger partial charge is 0.341 e. The van der Waals surface area contributed by atoms with Crippen LogP contribution in [-0.2, 0) is 26.2 Å². The van der Waals surface area contributed by atoms with E-state index >= 15 is 0 Å². The maximum absolute atomic E-state index is 12.9. The third-order valence-electron chi connectivity index (χ3n) is 5.76. The molecule has 0 saturated heterocycles. The van der Waals surface area contributed by atoms with E-state index in [9.17, 15) is 14.4 Å². The molecule has 0 spiro atoms. The van der Waals surface area contributed by atoms with Gasteiger partial charge in [0.25, 0.3) is 5.91 Å². The zero-order chi connectivity index (χ0) is 25.4. The summed E-state index contributed by atoms with van der Waals surface area (Å²) in [7, 11) is 0. The molecule has 0 bridgehead atoms. The highest BCUT2D eigenvalue weighted by atomic mass is 32.1. The first-order valence-corrected chi connectivity index (χ1v) is 12.3. The number of carbonyl (C=O) groups excluding carboxylic acids is 3. The number of benzene rings is 1. The van der Waals surface area contributed by atoms with Crippen molar-refractivity contribution < 1.29 is 23.9 Å². The van der Waals surface area contributed by atoms with Crippen LogP contribution in [0.25, 0.3) is 10.9 Å². The summed E-state index contributed by atoms with van der Waals surface area (Å²) >= 11 is 1.34. The normalized spacial score (nSPS) is 15.8. The fraction of sp³-hybridized carbons (Fsp3) is 0.385. The minimum Gasteiger partial charge on any atom is -0.462 e. The number of rotatable bonds is 6. The van der Waals surface area contributed by atoms with Gasteiger partial charge in [-0.1, -0.05) is 18.2 Å². The van der Waals surface area contributed by atoms with Crippen LogP contribution < -0.4 is 10.6 Å². The number of nitrogens with zero attached hydrogens (tertiary/aromatic N) is 1. The first-order chi connectivity index (χ1) is 16.5. The van der Waals surface area contributed by atoms with E-state index in [0.717, 1.165) is 15.8 Å². The van der Waals surface area contributed by atoms with Gasteiger partial charge in [-0.25, -0.2) is 9.59 Å². The Labute approximate surface area is 208 Å². The molecule has 1 amide bonds. The molecular weight excluding hydrogens is 466 g/mol. The van der Waals surface area contributed by atoms with E-state index in [-0.39, 0.29) is 17.7 Å². The third kappa shape index (κ3) is 5.06. The second kappa shape index (κ2) is 9.39. The summed E-state index contributed by atoms with van der Waals surface area (Å²) in [4.78, 5) is 43.6. The summed E-state index contributed by atoms with van der Waals surface area (Å²) in [5.74, 6) is -1.67. The van der Waals surface area contributed by atoms with Crippen LogP contribution in [0.1, 0.15) is 65.8 Å². The lowest BCUT2D eigenvalue weighted by Crippen LogP contribution is -2.55. The van der Waals surface area contributed by atoms with Crippen molar-refractivity contribution in [1.29, 1.82) is 0 Å². The quantitative estimate of drug-likeness (QED) is 0.487. The summed E-state index contributed by atoms with van der Waals surface area (Å²) in [6.07, 6.45) is 2.20. The molecule has 1 aliphatic heterocycles. The minimum absolute atomic E-state index is 0.221. The number of anilines is 1. The van der Waals surface area contributed by atoms with E-state index < -0.39 is 30.0 Å². The molecule has 0 saturated carbocycles. The van der Waals surface area contributed by atoms with Crippen molar-refractivity contribution in [3.05, 3.63) is 58.1 Å². The van der Waals surface area contributed by atoms with E-state index in [2.05, 4.69) is 29.5 Å². The predicted octanol–water partition coefficient (Wildman–Crippen LogP) is 4.43. The second-order valence-electron chi connectivity index (χ2n) is 9.65. The fourth-order valence-electron chi connectivity index (χ4n) is 4.68. The van der Waals surface area contributed by atoms with Crippen LogP contribution >= 0.6 is 11.3 Å². The molecular formula is C26H29N3O5S. The first kappa shape index (κ1) is 24.8. The lowest BCUT2D eigenvalue weighted by Gasteiger charge is -2.42. The van der Waals surface area contributed by atoms with Gasteiger partial charge in [0.2, 0.25) is 0 Å². The summed E-state index contributed by atoms with van der Waals surface area (Å²) in [5.41, 5.74) is 1.38. The van der Waals surface area contributed by atoms with Gasteiger partial charge in [0.05, 0.1) is 23.3 Å². The van der Waals surface area contributed by atoms with Crippen LogP contribution in [0.3, 0.4) is 0 Å². The number of nitrogens with one attached hydrogen (secondary N) is 2. The molecule has 2 aromatic heterocycles. The first-order valence-electron chi connectivity index (χ1n) is 11.5. The fourth-order valence-corrected chi connectivity index (χ4v) is 5.96. The van der Waals surface area contributed by atoms with Gasteiger partial charge in [-0.3, -0.25) is 9.78 Å². The molecule has 184 valence electrons. The van der Waals surface area contributed by atoms with Crippen LogP contribution in [0.15, 0.2) is 36.5 Å². The summed E-state index contributed by atoms with van der Waals surface area (Å²) < 4.78 is 10.6. The van der Waals surface area contributed by atoms with Crippen LogP contribution in [0, 0.1) is 0 Å². The van der Waals surface area contributed by atoms with Crippen LogP contribution in [0.5, 0.6) is 0 Å². The van der Waals surface area contributed by atoms with Gasteiger partial charge < -0.3 is 20.1 Å². The van der Waals surface area contributed by atoms with Gasteiger partial charge in [0, 0.05) is 27.5 Å². The zero-order valence-electron chi connectivity index (χ0n) is 20.5. The molecule has 1 aliphatic rings. The van der Waals surface area contributed by atoms with Crippen LogP contribution in [-0.4, -0.2) is 41.6 Å². The topological polar surface area (TPSA) is 107 Å². The van der Waals surface area contributed by atoms with Gasteiger partial charge in [-0.05, 0) is 58.7 Å². The average Bonchev–Trinajstić information content (AvgIpc) is 3.14. The molecule has 1 aromatic carbocycles. The summed E-state index contributed by atoms with van der Waals surface area (Å²) in [5, 5.41) is 7.57. The number of fused-ring (bicyclic) bond motifs is 2. The number of esters is 2. The highest BCUT2D eigenvalue weighted by molar-refractivity contribution is 7.17. The Morgan fingerprint density at radius 3 is 2.57 bits per heavy atom. The maximum Gasteiger partial charge on any atom is 0.341 e. The molecule has 8 nitrogen and oxygen atoms in total. The highest BCUT2D eigenvalue weighted by Gasteiger charge is 2.42. The Bertz CT molecular complexity index is 1310. The van der Waals surface area contributed by atoms with E-state index in [1.807, 2.05) is 26.0 Å². The average molecular weight is 496 g/mol. The van der Waals surface area contributed by atoms with Gasteiger partial charge >= 0.3 is 11.9 Å². The van der Waals surface area contributed by atoms with E-state index in [1.165, 1.54) is 11.3 Å². The van der Waals surface area contributed by atoms with E-state index in [1.54, 1.807) is 31.3 Å². The minimum atomic E-state index is -0.646. The second-order valence-corrected chi connectivity index (χ2v) is 10.7. The number of amides is 1. The molecule has 3 heterocycles. The maximum atomic E-state index is 12.9. The molecule has 0 atom stereocenters. The number of hydrogen-bond acceptors (Lipinski definition) is 8. The van der Waals surface area contributed by atoms with Crippen molar-refractivity contribution in [1.82, 2.24) is 10.3 Å². The van der Waals surface area contributed by atoms with Crippen molar-refractivity contribution in [2.24, 2.45) is 0 Å². The lowest BCUT2D eigenvalue weighted by atomic mass is 9.81. The number of hydrogen-bond donors (Lipinski definition) is 2. The predicted molar refractivity (Wildman–Crippen MR) is 135 cm³/mol. The van der Waals surface area contributed by atoms with Crippen LogP contribution in [0.2, 0.25) is 0 Å². The molecule has 9 heteroatoms. The Hall–Kier alpha value is -3.30. The molecule has 2 N–H and O–H groups in total. The van der Waals surface area contributed by atoms with Crippen molar-refractivity contribution >= 4 is 45.1 Å². The molecule has 0 fully saturated rings.